The SMILES string of the molecule is NNc1ncc([N+](=O)[O-])c(N2CCC(C(F)(F)F)CC2)n1. The van der Waals surface area contributed by atoms with Crippen LogP contribution in [0.2, 0.25) is 0 Å². The minimum absolute atomic E-state index is 0.0245. The number of nitrogens with zero attached hydrogens (tertiary/aromatic N) is 4. The summed E-state index contributed by atoms with van der Waals surface area (Å²) in [6.45, 7) is 0.0675. The van der Waals surface area contributed by atoms with Crippen molar-refractivity contribution in [1.29, 1.82) is 0 Å². The highest BCUT2D eigenvalue weighted by molar-refractivity contribution is 5.59. The average molecular weight is 306 g/mol. The number of hydrogen-bond donors (Lipinski definition) is 2. The summed E-state index contributed by atoms with van der Waals surface area (Å²) in [7, 11) is 0. The van der Waals surface area contributed by atoms with Gasteiger partial charge in [0.1, 0.15) is 6.20 Å². The number of hydrazine groups is 1. The molecule has 0 saturated carbocycles. The predicted molar refractivity (Wildman–Crippen MR) is 67.5 cm³/mol. The minimum Gasteiger partial charge on any atom is -0.351 e. The second kappa shape index (κ2) is 5.68. The Balaban J connectivity index is 2.21. The number of nitrogens with two attached hydrogens (primary N) is 1. The van der Waals surface area contributed by atoms with Crippen LogP contribution in [0.5, 0.6) is 0 Å². The second-order valence-corrected chi connectivity index (χ2v) is 4.61. The Hall–Kier alpha value is -2.17. The van der Waals surface area contributed by atoms with E-state index in [2.05, 4.69) is 15.4 Å². The molecule has 1 aliphatic rings. The molecule has 0 atom stereocenters. The third kappa shape index (κ3) is 3.29. The van der Waals surface area contributed by atoms with Gasteiger partial charge in [-0.15, -0.1) is 0 Å². The molecule has 2 heterocycles. The van der Waals surface area contributed by atoms with Crippen LogP contribution in [0.4, 0.5) is 30.6 Å². The summed E-state index contributed by atoms with van der Waals surface area (Å²) in [5.41, 5.74) is 1.79. The van der Waals surface area contributed by atoms with Gasteiger partial charge in [0.05, 0.1) is 10.8 Å². The Labute approximate surface area is 117 Å². The summed E-state index contributed by atoms with van der Waals surface area (Å²) in [5.74, 6) is 3.70. The van der Waals surface area contributed by atoms with Crippen molar-refractivity contribution in [2.45, 2.75) is 19.0 Å². The van der Waals surface area contributed by atoms with E-state index < -0.39 is 17.0 Å². The van der Waals surface area contributed by atoms with Crippen molar-refractivity contribution in [3.8, 4) is 0 Å². The van der Waals surface area contributed by atoms with Crippen LogP contribution in [-0.4, -0.2) is 34.2 Å². The van der Waals surface area contributed by atoms with Crippen molar-refractivity contribution in [3.05, 3.63) is 16.3 Å². The van der Waals surface area contributed by atoms with Gasteiger partial charge in [0.25, 0.3) is 0 Å². The van der Waals surface area contributed by atoms with Crippen molar-refractivity contribution in [3.63, 3.8) is 0 Å². The first-order valence-electron chi connectivity index (χ1n) is 6.12. The number of rotatable bonds is 3. The molecule has 0 aliphatic carbocycles. The van der Waals surface area contributed by atoms with Gasteiger partial charge >= 0.3 is 11.9 Å². The number of alkyl halides is 3. The smallest absolute Gasteiger partial charge is 0.351 e. The van der Waals surface area contributed by atoms with Crippen molar-refractivity contribution in [2.75, 3.05) is 23.4 Å². The van der Waals surface area contributed by atoms with Crippen LogP contribution in [0.3, 0.4) is 0 Å². The molecule has 21 heavy (non-hydrogen) atoms. The fourth-order valence-electron chi connectivity index (χ4n) is 2.22. The third-order valence-corrected chi connectivity index (χ3v) is 3.33. The van der Waals surface area contributed by atoms with Crippen LogP contribution in [-0.2, 0) is 0 Å². The molecule has 1 aliphatic heterocycles. The lowest BCUT2D eigenvalue weighted by Crippen LogP contribution is -2.39. The van der Waals surface area contributed by atoms with E-state index in [1.165, 1.54) is 4.90 Å². The normalized spacial score (nSPS) is 16.9. The lowest BCUT2D eigenvalue weighted by atomic mass is 9.96. The molecule has 8 nitrogen and oxygen atoms in total. The van der Waals surface area contributed by atoms with E-state index in [1.54, 1.807) is 0 Å². The van der Waals surface area contributed by atoms with Gasteiger partial charge in [-0.3, -0.25) is 15.5 Å². The molecule has 0 spiro atoms. The van der Waals surface area contributed by atoms with Crippen LogP contribution >= 0.6 is 0 Å². The van der Waals surface area contributed by atoms with E-state index >= 15 is 0 Å². The summed E-state index contributed by atoms with van der Waals surface area (Å²) >= 11 is 0. The third-order valence-electron chi connectivity index (χ3n) is 3.33. The largest absolute Gasteiger partial charge is 0.391 e. The Bertz CT molecular complexity index is 530. The standard InChI is InChI=1S/C10H13F3N6O2/c11-10(12,13)6-1-3-18(4-2-6)8-7(19(20)21)5-15-9(16-8)17-14/h5-6H,1-4,14H2,(H,15,16,17). The van der Waals surface area contributed by atoms with Gasteiger partial charge in [-0.1, -0.05) is 0 Å². The molecule has 0 radical (unpaired) electrons. The molecule has 2 rings (SSSR count). The minimum atomic E-state index is -4.24. The molecule has 1 aromatic heterocycles. The molecular weight excluding hydrogens is 293 g/mol. The van der Waals surface area contributed by atoms with Crippen LogP contribution in [0.25, 0.3) is 0 Å². The Morgan fingerprint density at radius 1 is 1.43 bits per heavy atom. The first-order valence-corrected chi connectivity index (χ1v) is 6.12. The quantitative estimate of drug-likeness (QED) is 0.494. The van der Waals surface area contributed by atoms with Gasteiger partial charge in [0, 0.05) is 13.1 Å². The molecule has 0 bridgehead atoms. The second-order valence-electron chi connectivity index (χ2n) is 4.61. The van der Waals surface area contributed by atoms with Gasteiger partial charge in [0.2, 0.25) is 11.8 Å². The molecule has 0 unspecified atom stereocenters. The fourth-order valence-corrected chi connectivity index (χ4v) is 2.22. The fraction of sp³-hybridized carbons (Fsp3) is 0.600. The van der Waals surface area contributed by atoms with E-state index in [9.17, 15) is 23.3 Å². The number of piperidine rings is 1. The van der Waals surface area contributed by atoms with Gasteiger partial charge in [-0.2, -0.15) is 18.2 Å². The summed E-state index contributed by atoms with van der Waals surface area (Å²) in [6.07, 6.45) is -3.52. The van der Waals surface area contributed by atoms with E-state index in [-0.39, 0.29) is 43.4 Å². The molecular formula is C10H13F3N6O2. The summed E-state index contributed by atoms with van der Waals surface area (Å²) in [5, 5.41) is 11.0. The first kappa shape index (κ1) is 15.2. The van der Waals surface area contributed by atoms with Crippen molar-refractivity contribution in [1.82, 2.24) is 9.97 Å². The molecule has 11 heteroatoms. The number of aromatic nitrogens is 2. The Morgan fingerprint density at radius 3 is 2.52 bits per heavy atom. The average Bonchev–Trinajstić information content (AvgIpc) is 2.45. The number of hydrogen-bond acceptors (Lipinski definition) is 7. The van der Waals surface area contributed by atoms with Gasteiger partial charge < -0.3 is 4.90 Å². The zero-order valence-electron chi connectivity index (χ0n) is 10.8. The number of halogens is 3. The van der Waals surface area contributed by atoms with Gasteiger partial charge in [-0.25, -0.2) is 10.8 Å². The zero-order chi connectivity index (χ0) is 15.6. The van der Waals surface area contributed by atoms with Crippen molar-refractivity contribution in [2.24, 2.45) is 11.8 Å². The van der Waals surface area contributed by atoms with Crippen LogP contribution < -0.4 is 16.2 Å². The zero-order valence-corrected chi connectivity index (χ0v) is 10.8. The lowest BCUT2D eigenvalue weighted by molar-refractivity contribution is -0.384. The van der Waals surface area contributed by atoms with E-state index in [1.807, 2.05) is 0 Å². The summed E-state index contributed by atoms with van der Waals surface area (Å²) in [4.78, 5) is 19.2. The predicted octanol–water partition coefficient (Wildman–Crippen LogP) is 1.45. The maximum Gasteiger partial charge on any atom is 0.391 e. The summed E-state index contributed by atoms with van der Waals surface area (Å²) < 4.78 is 37.9. The monoisotopic (exact) mass is 306 g/mol. The molecule has 1 fully saturated rings. The molecule has 0 amide bonds. The van der Waals surface area contributed by atoms with Crippen LogP contribution in [0.1, 0.15) is 12.8 Å². The Morgan fingerprint density at radius 2 is 2.05 bits per heavy atom. The van der Waals surface area contributed by atoms with Gasteiger partial charge in [-0.05, 0) is 12.8 Å². The lowest BCUT2D eigenvalue weighted by Gasteiger charge is -2.33. The molecule has 1 saturated heterocycles. The number of nitrogens with one attached hydrogen (secondary N) is 1. The highest BCUT2D eigenvalue weighted by Gasteiger charge is 2.42. The molecule has 0 aromatic carbocycles. The van der Waals surface area contributed by atoms with Crippen LogP contribution in [0, 0.1) is 16.0 Å². The maximum absolute atomic E-state index is 12.6. The molecule has 3 N–H and O–H groups in total. The van der Waals surface area contributed by atoms with E-state index in [0.717, 1.165) is 6.20 Å². The number of nitrogen functional groups attached to an aromatic ring is 1. The Kier molecular flexibility index (Phi) is 4.11. The number of anilines is 2. The molecule has 116 valence electrons. The molecule has 1 aromatic rings. The summed E-state index contributed by atoms with van der Waals surface area (Å²) in [6, 6.07) is 0. The van der Waals surface area contributed by atoms with E-state index in [0.29, 0.717) is 0 Å². The maximum atomic E-state index is 12.6. The first-order chi connectivity index (χ1) is 9.82. The highest BCUT2D eigenvalue weighted by atomic mass is 19.4. The van der Waals surface area contributed by atoms with Crippen LogP contribution in [0.15, 0.2) is 6.20 Å². The number of nitro groups is 1. The topological polar surface area (TPSA) is 110 Å². The van der Waals surface area contributed by atoms with Crippen molar-refractivity contribution >= 4 is 17.5 Å². The van der Waals surface area contributed by atoms with E-state index in [4.69, 9.17) is 5.84 Å². The van der Waals surface area contributed by atoms with Gasteiger partial charge in [0.15, 0.2) is 0 Å². The highest BCUT2D eigenvalue weighted by Crippen LogP contribution is 2.36. The van der Waals surface area contributed by atoms with Crippen molar-refractivity contribution < 1.29 is 18.1 Å².